The molecule has 29 heavy (non-hydrogen) atoms. The van der Waals surface area contributed by atoms with Gasteiger partial charge in [0.2, 0.25) is 5.91 Å². The van der Waals surface area contributed by atoms with Crippen molar-refractivity contribution in [2.45, 2.75) is 19.4 Å². The van der Waals surface area contributed by atoms with Gasteiger partial charge >= 0.3 is 0 Å². The van der Waals surface area contributed by atoms with E-state index >= 15 is 0 Å². The normalized spacial score (nSPS) is 15.6. The van der Waals surface area contributed by atoms with Gasteiger partial charge in [-0.1, -0.05) is 42.5 Å². The van der Waals surface area contributed by atoms with Crippen molar-refractivity contribution >= 4 is 16.9 Å². The molecule has 1 aliphatic heterocycles. The largest absolute Gasteiger partial charge is 0.355 e. The Kier molecular flexibility index (Phi) is 6.54. The Bertz CT molecular complexity index is 882. The first-order valence-corrected chi connectivity index (χ1v) is 10.5. The predicted molar refractivity (Wildman–Crippen MR) is 116 cm³/mol. The molecule has 2 aromatic carbocycles. The van der Waals surface area contributed by atoms with Gasteiger partial charge in [-0.05, 0) is 24.1 Å². The third kappa shape index (κ3) is 5.65. The maximum absolute atomic E-state index is 12.2. The van der Waals surface area contributed by atoms with Gasteiger partial charge in [0, 0.05) is 45.7 Å². The topological polar surface area (TPSA) is 64.3 Å². The van der Waals surface area contributed by atoms with E-state index in [4.69, 9.17) is 0 Å². The zero-order chi connectivity index (χ0) is 19.9. The summed E-state index contributed by atoms with van der Waals surface area (Å²) >= 11 is 0. The van der Waals surface area contributed by atoms with Crippen molar-refractivity contribution in [1.82, 2.24) is 25.1 Å². The van der Waals surface area contributed by atoms with E-state index in [1.54, 1.807) is 0 Å². The van der Waals surface area contributed by atoms with Gasteiger partial charge in [0.25, 0.3) is 0 Å². The number of carbonyl (C=O) groups excluding carboxylic acids is 1. The van der Waals surface area contributed by atoms with Crippen LogP contribution in [0.25, 0.3) is 11.0 Å². The van der Waals surface area contributed by atoms with Crippen LogP contribution in [0.2, 0.25) is 0 Å². The number of benzene rings is 2. The van der Waals surface area contributed by atoms with Crippen molar-refractivity contribution in [3.05, 3.63) is 66.0 Å². The minimum absolute atomic E-state index is 0.117. The number of imidazole rings is 1. The van der Waals surface area contributed by atoms with Crippen LogP contribution < -0.4 is 5.32 Å². The van der Waals surface area contributed by atoms with Gasteiger partial charge in [-0.15, -0.1) is 0 Å². The number of hydrogen-bond donors (Lipinski definition) is 2. The van der Waals surface area contributed by atoms with E-state index in [1.807, 2.05) is 24.3 Å². The summed E-state index contributed by atoms with van der Waals surface area (Å²) in [6.07, 6.45) is 1.73. The number of fused-ring (bicyclic) bond motifs is 1. The minimum atomic E-state index is 0.117. The Morgan fingerprint density at radius 3 is 2.48 bits per heavy atom. The van der Waals surface area contributed by atoms with E-state index < -0.39 is 0 Å². The first kappa shape index (κ1) is 19.6. The van der Waals surface area contributed by atoms with E-state index in [0.29, 0.717) is 13.1 Å². The number of nitrogens with one attached hydrogen (secondary N) is 2. The Morgan fingerprint density at radius 2 is 1.69 bits per heavy atom. The summed E-state index contributed by atoms with van der Waals surface area (Å²) in [5.74, 6) is 1.10. The second kappa shape index (κ2) is 9.67. The van der Waals surface area contributed by atoms with E-state index in [9.17, 15) is 4.79 Å². The molecule has 6 heteroatoms. The summed E-state index contributed by atoms with van der Waals surface area (Å²) in [7, 11) is 0. The molecule has 2 N–H and O–H groups in total. The molecule has 0 bridgehead atoms. The lowest BCUT2D eigenvalue weighted by atomic mass is 10.2. The highest BCUT2D eigenvalue weighted by atomic mass is 16.2. The predicted octanol–water partition coefficient (Wildman–Crippen LogP) is 2.43. The van der Waals surface area contributed by atoms with E-state index in [2.05, 4.69) is 55.4 Å². The van der Waals surface area contributed by atoms with Crippen molar-refractivity contribution in [3.8, 4) is 0 Å². The van der Waals surface area contributed by atoms with Crippen LogP contribution in [-0.2, 0) is 17.8 Å². The van der Waals surface area contributed by atoms with Crippen LogP contribution in [0.1, 0.15) is 17.8 Å². The number of carbonyl (C=O) groups is 1. The molecule has 1 saturated heterocycles. The van der Waals surface area contributed by atoms with Gasteiger partial charge in [0.05, 0.1) is 17.6 Å². The summed E-state index contributed by atoms with van der Waals surface area (Å²) in [5.41, 5.74) is 3.42. The monoisotopic (exact) mass is 391 g/mol. The fourth-order valence-corrected chi connectivity index (χ4v) is 3.81. The molecule has 4 rings (SSSR count). The number of aromatic amines is 1. The van der Waals surface area contributed by atoms with Gasteiger partial charge in [-0.3, -0.25) is 14.6 Å². The van der Waals surface area contributed by atoms with Crippen LogP contribution in [-0.4, -0.2) is 64.9 Å². The third-order valence-electron chi connectivity index (χ3n) is 5.43. The van der Waals surface area contributed by atoms with Gasteiger partial charge in [0.15, 0.2) is 0 Å². The molecule has 152 valence electrons. The Balaban J connectivity index is 1.11. The Morgan fingerprint density at radius 1 is 0.966 bits per heavy atom. The van der Waals surface area contributed by atoms with Crippen LogP contribution in [0.4, 0.5) is 0 Å². The number of rotatable bonds is 8. The number of amides is 1. The first-order chi connectivity index (χ1) is 14.3. The fraction of sp³-hybridized carbons (Fsp3) is 0.391. The molecule has 6 nitrogen and oxygen atoms in total. The summed E-state index contributed by atoms with van der Waals surface area (Å²) in [6.45, 7) is 6.07. The first-order valence-electron chi connectivity index (χ1n) is 10.5. The van der Waals surface area contributed by atoms with Crippen molar-refractivity contribution in [2.24, 2.45) is 0 Å². The second-order valence-corrected chi connectivity index (χ2v) is 7.69. The SMILES string of the molecule is O=C(CN1CCN(Cc2ccccc2)CC1)NCCCc1nc2ccccc2[nH]1. The van der Waals surface area contributed by atoms with E-state index in [-0.39, 0.29) is 5.91 Å². The van der Waals surface area contributed by atoms with Gasteiger partial charge in [-0.2, -0.15) is 0 Å². The van der Waals surface area contributed by atoms with E-state index in [1.165, 1.54) is 5.56 Å². The number of aryl methyl sites for hydroxylation is 1. The fourth-order valence-electron chi connectivity index (χ4n) is 3.81. The molecule has 1 amide bonds. The molecule has 1 fully saturated rings. The third-order valence-corrected chi connectivity index (χ3v) is 5.43. The smallest absolute Gasteiger partial charge is 0.234 e. The van der Waals surface area contributed by atoms with Crippen molar-refractivity contribution in [2.75, 3.05) is 39.3 Å². The van der Waals surface area contributed by atoms with Crippen LogP contribution in [0.5, 0.6) is 0 Å². The average molecular weight is 392 g/mol. The van der Waals surface area contributed by atoms with Crippen molar-refractivity contribution in [3.63, 3.8) is 0 Å². The lowest BCUT2D eigenvalue weighted by Gasteiger charge is -2.34. The molecule has 0 atom stereocenters. The van der Waals surface area contributed by atoms with Gasteiger partial charge in [0.1, 0.15) is 5.82 Å². The number of para-hydroxylation sites is 2. The molecule has 3 aromatic rings. The zero-order valence-corrected chi connectivity index (χ0v) is 16.8. The highest BCUT2D eigenvalue weighted by Gasteiger charge is 2.18. The van der Waals surface area contributed by atoms with Crippen molar-refractivity contribution in [1.29, 1.82) is 0 Å². The highest BCUT2D eigenvalue weighted by molar-refractivity contribution is 5.78. The standard InChI is InChI=1S/C23H29N5O/c29-23(24-12-6-11-22-25-20-9-4-5-10-21(20)26-22)18-28-15-13-27(14-16-28)17-19-7-2-1-3-8-19/h1-5,7-10H,6,11-18H2,(H,24,29)(H,25,26). The van der Waals surface area contributed by atoms with E-state index in [0.717, 1.165) is 62.4 Å². The maximum atomic E-state index is 12.2. The quantitative estimate of drug-likeness (QED) is 0.579. The molecule has 1 aromatic heterocycles. The van der Waals surface area contributed by atoms with Gasteiger partial charge < -0.3 is 10.3 Å². The summed E-state index contributed by atoms with van der Waals surface area (Å²) in [5, 5.41) is 3.05. The lowest BCUT2D eigenvalue weighted by molar-refractivity contribution is -0.122. The number of nitrogens with zero attached hydrogens (tertiary/aromatic N) is 3. The van der Waals surface area contributed by atoms with Gasteiger partial charge in [-0.25, -0.2) is 4.98 Å². The van der Waals surface area contributed by atoms with Crippen LogP contribution in [0.15, 0.2) is 54.6 Å². The Hall–Kier alpha value is -2.70. The molecule has 0 saturated carbocycles. The molecule has 0 unspecified atom stereocenters. The van der Waals surface area contributed by atoms with Crippen LogP contribution in [0, 0.1) is 0 Å². The highest BCUT2D eigenvalue weighted by Crippen LogP contribution is 2.11. The number of aromatic nitrogens is 2. The van der Waals surface area contributed by atoms with Crippen LogP contribution in [0.3, 0.4) is 0 Å². The van der Waals surface area contributed by atoms with Crippen LogP contribution >= 0.6 is 0 Å². The average Bonchev–Trinajstić information content (AvgIpc) is 3.16. The zero-order valence-electron chi connectivity index (χ0n) is 16.8. The molecule has 1 aliphatic rings. The molecule has 0 aliphatic carbocycles. The lowest BCUT2D eigenvalue weighted by Crippen LogP contribution is -2.49. The number of hydrogen-bond acceptors (Lipinski definition) is 4. The maximum Gasteiger partial charge on any atom is 0.234 e. The molecule has 0 radical (unpaired) electrons. The second-order valence-electron chi connectivity index (χ2n) is 7.69. The minimum Gasteiger partial charge on any atom is -0.355 e. The number of piperazine rings is 1. The summed E-state index contributed by atoms with van der Waals surface area (Å²) in [6, 6.07) is 18.6. The van der Waals surface area contributed by atoms with Crippen molar-refractivity contribution < 1.29 is 4.79 Å². The molecule has 2 heterocycles. The summed E-state index contributed by atoms with van der Waals surface area (Å²) < 4.78 is 0. The molecular formula is C23H29N5O. The molecular weight excluding hydrogens is 362 g/mol. The summed E-state index contributed by atoms with van der Waals surface area (Å²) in [4.78, 5) is 24.9. The number of H-pyrrole nitrogens is 1. The molecule has 0 spiro atoms. The Labute approximate surface area is 171 Å².